The number of hydrogen-bond donors (Lipinski definition) is 1. The van der Waals surface area contributed by atoms with E-state index in [1.165, 1.54) is 16.9 Å². The number of anilines is 1. The molecule has 2 N–H and O–H groups in total. The van der Waals surface area contributed by atoms with Crippen molar-refractivity contribution >= 4 is 40.2 Å². The molecule has 2 aromatic heterocycles. The minimum atomic E-state index is 0. The zero-order valence-electron chi connectivity index (χ0n) is 6.77. The average Bonchev–Trinajstić information content (AvgIpc) is 2.63. The Labute approximate surface area is 90.8 Å². The van der Waals surface area contributed by atoms with Crippen LogP contribution in [0.2, 0.25) is 0 Å². The second kappa shape index (κ2) is 4.60. The van der Waals surface area contributed by atoms with Gasteiger partial charge in [0.15, 0.2) is 5.13 Å². The standard InChI is InChI=1S/C8H8N2S2.ClH/c9-8-10-7(5-12-8)3-6-1-2-11-4-6;/h1-2,4-5H,3H2,(H2,9,10);1H. The van der Waals surface area contributed by atoms with Gasteiger partial charge in [0.25, 0.3) is 0 Å². The van der Waals surface area contributed by atoms with Gasteiger partial charge in [0.1, 0.15) is 0 Å². The number of hydrogen-bond acceptors (Lipinski definition) is 4. The summed E-state index contributed by atoms with van der Waals surface area (Å²) >= 11 is 3.21. The molecule has 0 aliphatic heterocycles. The molecule has 2 aromatic rings. The van der Waals surface area contributed by atoms with Crippen molar-refractivity contribution in [2.45, 2.75) is 6.42 Å². The third-order valence-electron chi connectivity index (χ3n) is 1.53. The van der Waals surface area contributed by atoms with E-state index in [1.807, 2.05) is 5.38 Å². The van der Waals surface area contributed by atoms with Crippen molar-refractivity contribution in [3.05, 3.63) is 33.5 Å². The molecule has 0 bridgehead atoms. The van der Waals surface area contributed by atoms with Gasteiger partial charge in [0.2, 0.25) is 0 Å². The first kappa shape index (κ1) is 10.5. The van der Waals surface area contributed by atoms with E-state index >= 15 is 0 Å². The third-order valence-corrected chi connectivity index (χ3v) is 2.99. The Bertz CT molecular complexity index is 356. The van der Waals surface area contributed by atoms with E-state index in [4.69, 9.17) is 5.73 Å². The zero-order valence-corrected chi connectivity index (χ0v) is 9.22. The summed E-state index contributed by atoms with van der Waals surface area (Å²) < 4.78 is 0. The largest absolute Gasteiger partial charge is 0.375 e. The molecule has 70 valence electrons. The lowest BCUT2D eigenvalue weighted by atomic mass is 10.2. The van der Waals surface area contributed by atoms with E-state index in [0.29, 0.717) is 5.13 Å². The summed E-state index contributed by atoms with van der Waals surface area (Å²) in [6.07, 6.45) is 0.900. The molecule has 0 spiro atoms. The smallest absolute Gasteiger partial charge is 0.180 e. The van der Waals surface area contributed by atoms with Crippen LogP contribution in [0.5, 0.6) is 0 Å². The highest BCUT2D eigenvalue weighted by Gasteiger charge is 2.00. The molecule has 0 saturated carbocycles. The van der Waals surface area contributed by atoms with Crippen LogP contribution < -0.4 is 5.73 Å². The summed E-state index contributed by atoms with van der Waals surface area (Å²) in [4.78, 5) is 4.19. The van der Waals surface area contributed by atoms with E-state index in [-0.39, 0.29) is 12.4 Å². The normalized spacial score (nSPS) is 9.54. The summed E-state index contributed by atoms with van der Waals surface area (Å²) in [6, 6.07) is 2.11. The van der Waals surface area contributed by atoms with E-state index in [2.05, 4.69) is 21.8 Å². The van der Waals surface area contributed by atoms with Gasteiger partial charge in [-0.1, -0.05) is 0 Å². The summed E-state index contributed by atoms with van der Waals surface area (Å²) in [5.74, 6) is 0. The highest BCUT2D eigenvalue weighted by Crippen LogP contribution is 2.16. The van der Waals surface area contributed by atoms with Crippen molar-refractivity contribution in [1.29, 1.82) is 0 Å². The number of halogens is 1. The van der Waals surface area contributed by atoms with Gasteiger partial charge < -0.3 is 5.73 Å². The molecule has 0 radical (unpaired) electrons. The van der Waals surface area contributed by atoms with Gasteiger partial charge in [-0.05, 0) is 22.4 Å². The second-order valence-electron chi connectivity index (χ2n) is 2.49. The van der Waals surface area contributed by atoms with Crippen LogP contribution in [0.25, 0.3) is 0 Å². The van der Waals surface area contributed by atoms with Crippen LogP contribution in [0.15, 0.2) is 22.2 Å². The fourth-order valence-electron chi connectivity index (χ4n) is 1.01. The second-order valence-corrected chi connectivity index (χ2v) is 4.16. The van der Waals surface area contributed by atoms with Gasteiger partial charge in [-0.25, -0.2) is 4.98 Å². The van der Waals surface area contributed by atoms with Crippen molar-refractivity contribution in [2.24, 2.45) is 0 Å². The van der Waals surface area contributed by atoms with Gasteiger partial charge in [-0.2, -0.15) is 11.3 Å². The van der Waals surface area contributed by atoms with Gasteiger partial charge >= 0.3 is 0 Å². The number of thiazole rings is 1. The van der Waals surface area contributed by atoms with Crippen molar-refractivity contribution in [2.75, 3.05) is 5.73 Å². The molecule has 0 saturated heterocycles. The van der Waals surface area contributed by atoms with Crippen LogP contribution >= 0.6 is 35.1 Å². The Hall–Kier alpha value is -0.580. The molecule has 2 nitrogen and oxygen atoms in total. The summed E-state index contributed by atoms with van der Waals surface area (Å²) in [5.41, 5.74) is 7.89. The quantitative estimate of drug-likeness (QED) is 0.865. The Morgan fingerprint density at radius 3 is 2.77 bits per heavy atom. The number of nitrogens with two attached hydrogens (primary N) is 1. The van der Waals surface area contributed by atoms with E-state index in [0.717, 1.165) is 12.1 Å². The molecule has 0 atom stereocenters. The predicted octanol–water partition coefficient (Wildman–Crippen LogP) is 2.80. The summed E-state index contributed by atoms with van der Waals surface area (Å²) in [5, 5.41) is 6.87. The fourth-order valence-corrected chi connectivity index (χ4v) is 2.24. The minimum absolute atomic E-state index is 0. The van der Waals surface area contributed by atoms with Crippen molar-refractivity contribution in [1.82, 2.24) is 4.98 Å². The first-order valence-corrected chi connectivity index (χ1v) is 5.38. The lowest BCUT2D eigenvalue weighted by Crippen LogP contribution is -1.87. The minimum Gasteiger partial charge on any atom is -0.375 e. The van der Waals surface area contributed by atoms with Crippen LogP contribution in [0.1, 0.15) is 11.3 Å². The molecule has 0 aliphatic rings. The van der Waals surface area contributed by atoms with Crippen molar-refractivity contribution < 1.29 is 0 Å². The van der Waals surface area contributed by atoms with Gasteiger partial charge in [-0.15, -0.1) is 23.7 Å². The first-order valence-electron chi connectivity index (χ1n) is 3.55. The first-order chi connectivity index (χ1) is 5.84. The predicted molar refractivity (Wildman–Crippen MR) is 60.9 cm³/mol. The van der Waals surface area contributed by atoms with Crippen LogP contribution in [0, 0.1) is 0 Å². The number of nitrogens with zero attached hydrogens (tertiary/aromatic N) is 1. The highest BCUT2D eigenvalue weighted by atomic mass is 35.5. The molecular formula is C8H9ClN2S2. The van der Waals surface area contributed by atoms with Gasteiger partial charge in [-0.3, -0.25) is 0 Å². The van der Waals surface area contributed by atoms with E-state index in [1.54, 1.807) is 11.3 Å². The molecule has 0 amide bonds. The zero-order chi connectivity index (χ0) is 8.39. The Morgan fingerprint density at radius 1 is 1.38 bits per heavy atom. The van der Waals surface area contributed by atoms with Crippen molar-refractivity contribution in [3.63, 3.8) is 0 Å². The average molecular weight is 233 g/mol. The Kier molecular flexibility index (Phi) is 3.71. The molecule has 0 unspecified atom stereocenters. The van der Waals surface area contributed by atoms with Crippen LogP contribution in [-0.4, -0.2) is 4.98 Å². The third kappa shape index (κ3) is 2.69. The molecule has 0 aromatic carbocycles. The highest BCUT2D eigenvalue weighted by molar-refractivity contribution is 7.13. The van der Waals surface area contributed by atoms with E-state index in [9.17, 15) is 0 Å². The van der Waals surface area contributed by atoms with Crippen LogP contribution in [-0.2, 0) is 6.42 Å². The van der Waals surface area contributed by atoms with Crippen LogP contribution in [0.3, 0.4) is 0 Å². The Morgan fingerprint density at radius 2 is 2.23 bits per heavy atom. The molecular weight excluding hydrogens is 224 g/mol. The number of thiophene rings is 1. The molecule has 5 heteroatoms. The SMILES string of the molecule is Cl.Nc1nc(Cc2ccsc2)cs1. The fraction of sp³-hybridized carbons (Fsp3) is 0.125. The number of nitrogen functional groups attached to an aromatic ring is 1. The summed E-state index contributed by atoms with van der Waals surface area (Å²) in [7, 11) is 0. The monoisotopic (exact) mass is 232 g/mol. The van der Waals surface area contributed by atoms with Gasteiger partial charge in [0, 0.05) is 11.8 Å². The molecule has 2 rings (SSSR count). The molecule has 0 fully saturated rings. The maximum Gasteiger partial charge on any atom is 0.180 e. The topological polar surface area (TPSA) is 38.9 Å². The van der Waals surface area contributed by atoms with Crippen LogP contribution in [0.4, 0.5) is 5.13 Å². The number of aromatic nitrogens is 1. The lowest BCUT2D eigenvalue weighted by molar-refractivity contribution is 1.12. The number of rotatable bonds is 2. The van der Waals surface area contributed by atoms with Gasteiger partial charge in [0.05, 0.1) is 5.69 Å². The maximum absolute atomic E-state index is 5.52. The van der Waals surface area contributed by atoms with E-state index < -0.39 is 0 Å². The Balaban J connectivity index is 0.000000845. The molecule has 0 aliphatic carbocycles. The summed E-state index contributed by atoms with van der Waals surface area (Å²) in [6.45, 7) is 0. The maximum atomic E-state index is 5.52. The lowest BCUT2D eigenvalue weighted by Gasteiger charge is -1.90. The molecule has 2 heterocycles. The van der Waals surface area contributed by atoms with Crippen molar-refractivity contribution in [3.8, 4) is 0 Å². The molecule has 13 heavy (non-hydrogen) atoms.